The third kappa shape index (κ3) is 0.967. The number of rotatable bonds is 1. The molecule has 1 fully saturated rings. The van der Waals surface area contributed by atoms with Crippen LogP contribution >= 0.6 is 0 Å². The quantitative estimate of drug-likeness (QED) is 0.429. The summed E-state index contributed by atoms with van der Waals surface area (Å²) in [5, 5.41) is 27.4. The van der Waals surface area contributed by atoms with E-state index >= 15 is 0 Å². The molecule has 1 aromatic rings. The molecule has 4 nitrogen and oxygen atoms in total. The lowest BCUT2D eigenvalue weighted by atomic mass is 10.1. The Labute approximate surface area is 68.7 Å². The Morgan fingerprint density at radius 3 is 2.42 bits per heavy atom. The van der Waals surface area contributed by atoms with Crippen LogP contribution in [0.2, 0.25) is 0 Å². The van der Waals surface area contributed by atoms with E-state index in [2.05, 4.69) is 0 Å². The van der Waals surface area contributed by atoms with E-state index in [0.717, 1.165) is 0 Å². The van der Waals surface area contributed by atoms with Crippen LogP contribution in [0.4, 0.5) is 0 Å². The molecule has 0 amide bonds. The Morgan fingerprint density at radius 1 is 1.17 bits per heavy atom. The lowest BCUT2D eigenvalue weighted by Crippen LogP contribution is -1.82. The number of epoxide rings is 1. The molecule has 2 rings (SSSR count). The van der Waals surface area contributed by atoms with Gasteiger partial charge >= 0.3 is 0 Å². The van der Waals surface area contributed by atoms with E-state index in [0.29, 0.717) is 12.2 Å². The van der Waals surface area contributed by atoms with Crippen LogP contribution in [-0.2, 0) is 4.74 Å². The van der Waals surface area contributed by atoms with Gasteiger partial charge in [0.2, 0.25) is 5.75 Å². The topological polar surface area (TPSA) is 73.2 Å². The van der Waals surface area contributed by atoms with Crippen molar-refractivity contribution < 1.29 is 20.1 Å². The van der Waals surface area contributed by atoms with Gasteiger partial charge in [-0.1, -0.05) is 0 Å². The first-order valence-electron chi connectivity index (χ1n) is 3.55. The van der Waals surface area contributed by atoms with Gasteiger partial charge < -0.3 is 20.1 Å². The number of phenolic OH excluding ortho intramolecular Hbond substituents is 3. The summed E-state index contributed by atoms with van der Waals surface area (Å²) < 4.78 is 4.92. The summed E-state index contributed by atoms with van der Waals surface area (Å²) in [6.07, 6.45) is -0.128. The van der Waals surface area contributed by atoms with E-state index < -0.39 is 5.75 Å². The molecule has 1 atom stereocenters. The van der Waals surface area contributed by atoms with E-state index in [-0.39, 0.29) is 17.6 Å². The van der Waals surface area contributed by atoms with E-state index in [1.54, 1.807) is 0 Å². The van der Waals surface area contributed by atoms with Crippen molar-refractivity contribution in [3.05, 3.63) is 17.7 Å². The third-order valence-corrected chi connectivity index (χ3v) is 1.84. The lowest BCUT2D eigenvalue weighted by Gasteiger charge is -2.04. The maximum absolute atomic E-state index is 9.30. The van der Waals surface area contributed by atoms with Gasteiger partial charge in [0.25, 0.3) is 0 Å². The van der Waals surface area contributed by atoms with Crippen molar-refractivity contribution in [3.63, 3.8) is 0 Å². The second kappa shape index (κ2) is 2.28. The molecule has 1 saturated heterocycles. The fraction of sp³-hybridized carbons (Fsp3) is 0.250. The maximum Gasteiger partial charge on any atom is 0.200 e. The minimum Gasteiger partial charge on any atom is -0.504 e. The van der Waals surface area contributed by atoms with Crippen molar-refractivity contribution in [2.75, 3.05) is 6.61 Å². The summed E-state index contributed by atoms with van der Waals surface area (Å²) in [5.41, 5.74) is 0.519. The van der Waals surface area contributed by atoms with Crippen LogP contribution in [-0.4, -0.2) is 21.9 Å². The van der Waals surface area contributed by atoms with Gasteiger partial charge in [-0.15, -0.1) is 0 Å². The molecule has 64 valence electrons. The second-order valence-corrected chi connectivity index (χ2v) is 2.69. The van der Waals surface area contributed by atoms with Crippen LogP contribution in [0.5, 0.6) is 17.2 Å². The number of ether oxygens (including phenoxy) is 1. The second-order valence-electron chi connectivity index (χ2n) is 2.69. The lowest BCUT2D eigenvalue weighted by molar-refractivity contribution is 0.356. The molecule has 1 aromatic carbocycles. The molecule has 0 bridgehead atoms. The highest BCUT2D eigenvalue weighted by Crippen LogP contribution is 2.44. The number of phenols is 3. The first-order chi connectivity index (χ1) is 5.70. The molecule has 12 heavy (non-hydrogen) atoms. The summed E-state index contributed by atoms with van der Waals surface area (Å²) in [6, 6.07) is 2.86. The standard InChI is InChI=1S/C8H8O4/c9-5-2-1-4(6-3-12-6)7(10)8(5)11/h1-2,6,9-11H,3H2. The molecule has 1 unspecified atom stereocenters. The van der Waals surface area contributed by atoms with Gasteiger partial charge in [-0.3, -0.25) is 0 Å². The van der Waals surface area contributed by atoms with E-state index in [1.807, 2.05) is 0 Å². The molecule has 1 aliphatic heterocycles. The zero-order chi connectivity index (χ0) is 8.72. The number of hydrogen-bond donors (Lipinski definition) is 3. The van der Waals surface area contributed by atoms with Crippen LogP contribution < -0.4 is 0 Å². The highest BCUT2D eigenvalue weighted by Gasteiger charge is 2.29. The molecule has 1 aliphatic rings. The molecule has 4 heteroatoms. The molecule has 3 N–H and O–H groups in total. The average molecular weight is 168 g/mol. The minimum atomic E-state index is -0.483. The van der Waals surface area contributed by atoms with Crippen LogP contribution in [0.3, 0.4) is 0 Å². The zero-order valence-corrected chi connectivity index (χ0v) is 6.19. The largest absolute Gasteiger partial charge is 0.504 e. The van der Waals surface area contributed by atoms with Crippen LogP contribution in [0.15, 0.2) is 12.1 Å². The zero-order valence-electron chi connectivity index (χ0n) is 6.19. The monoisotopic (exact) mass is 168 g/mol. The van der Waals surface area contributed by atoms with Gasteiger partial charge in [0.15, 0.2) is 11.5 Å². The Hall–Kier alpha value is -1.42. The van der Waals surface area contributed by atoms with Crippen molar-refractivity contribution in [2.45, 2.75) is 6.10 Å². The summed E-state index contributed by atoms with van der Waals surface area (Å²) in [6.45, 7) is 0.553. The van der Waals surface area contributed by atoms with Gasteiger partial charge in [0.05, 0.1) is 6.61 Å². The summed E-state index contributed by atoms with van der Waals surface area (Å²) in [7, 11) is 0. The Balaban J connectivity index is 2.49. The molecule has 0 aromatic heterocycles. The van der Waals surface area contributed by atoms with Gasteiger partial charge in [0.1, 0.15) is 6.10 Å². The third-order valence-electron chi connectivity index (χ3n) is 1.84. The predicted molar refractivity (Wildman–Crippen MR) is 40.1 cm³/mol. The van der Waals surface area contributed by atoms with Crippen LogP contribution in [0.25, 0.3) is 0 Å². The Bertz CT molecular complexity index is 317. The van der Waals surface area contributed by atoms with Crippen molar-refractivity contribution in [3.8, 4) is 17.2 Å². The Morgan fingerprint density at radius 2 is 1.83 bits per heavy atom. The molecule has 0 spiro atoms. The van der Waals surface area contributed by atoms with Crippen molar-refractivity contribution in [1.82, 2.24) is 0 Å². The highest BCUT2D eigenvalue weighted by atomic mass is 16.6. The van der Waals surface area contributed by atoms with Gasteiger partial charge in [-0.05, 0) is 12.1 Å². The average Bonchev–Trinajstić information content (AvgIpc) is 2.84. The van der Waals surface area contributed by atoms with Gasteiger partial charge in [-0.2, -0.15) is 0 Å². The molecule has 0 saturated carbocycles. The first kappa shape index (κ1) is 7.24. The molecular formula is C8H8O4. The summed E-state index contributed by atoms with van der Waals surface area (Å²) >= 11 is 0. The molecular weight excluding hydrogens is 160 g/mol. The van der Waals surface area contributed by atoms with Gasteiger partial charge in [0, 0.05) is 5.56 Å². The number of aromatic hydroxyl groups is 3. The first-order valence-corrected chi connectivity index (χ1v) is 3.55. The van der Waals surface area contributed by atoms with Crippen LogP contribution in [0.1, 0.15) is 11.7 Å². The van der Waals surface area contributed by atoms with Crippen molar-refractivity contribution >= 4 is 0 Å². The molecule has 0 radical (unpaired) electrons. The van der Waals surface area contributed by atoms with Crippen molar-refractivity contribution in [2.24, 2.45) is 0 Å². The maximum atomic E-state index is 9.30. The van der Waals surface area contributed by atoms with Crippen molar-refractivity contribution in [1.29, 1.82) is 0 Å². The highest BCUT2D eigenvalue weighted by molar-refractivity contribution is 5.54. The van der Waals surface area contributed by atoms with E-state index in [9.17, 15) is 5.11 Å². The molecule has 0 aliphatic carbocycles. The summed E-state index contributed by atoms with van der Waals surface area (Å²) in [5.74, 6) is -1.10. The smallest absolute Gasteiger partial charge is 0.200 e. The number of benzene rings is 1. The fourth-order valence-electron chi connectivity index (χ4n) is 1.07. The normalized spacial score (nSPS) is 20.8. The van der Waals surface area contributed by atoms with Crippen LogP contribution in [0, 0.1) is 0 Å². The van der Waals surface area contributed by atoms with E-state index in [4.69, 9.17) is 14.9 Å². The van der Waals surface area contributed by atoms with E-state index in [1.165, 1.54) is 12.1 Å². The minimum absolute atomic E-state index is 0.128. The predicted octanol–water partition coefficient (Wildman–Crippen LogP) is 0.875. The van der Waals surface area contributed by atoms with Gasteiger partial charge in [-0.25, -0.2) is 0 Å². The SMILES string of the molecule is Oc1ccc(C2CO2)c(O)c1O. The summed E-state index contributed by atoms with van der Waals surface area (Å²) in [4.78, 5) is 0. The fourth-order valence-corrected chi connectivity index (χ4v) is 1.07. The number of hydrogen-bond acceptors (Lipinski definition) is 4. The molecule has 1 heterocycles. The Kier molecular flexibility index (Phi) is 1.38.